The molecule has 0 saturated carbocycles. The zero-order valence-corrected chi connectivity index (χ0v) is 16.0. The van der Waals surface area contributed by atoms with Crippen molar-refractivity contribution in [1.29, 1.82) is 0 Å². The minimum atomic E-state index is -3.19. The molecule has 150 valence electrons. The van der Waals surface area contributed by atoms with Crippen molar-refractivity contribution < 1.29 is 37.4 Å². The number of rotatable bonds is 9. The molecule has 0 radical (unpaired) electrons. The van der Waals surface area contributed by atoms with Gasteiger partial charge >= 0.3 is 12.6 Å². The van der Waals surface area contributed by atoms with Crippen LogP contribution in [0.2, 0.25) is 0 Å². The average molecular weight is 462 g/mol. The molecule has 0 aromatic heterocycles. The van der Waals surface area contributed by atoms with E-state index in [-0.39, 0.29) is 11.3 Å². The van der Waals surface area contributed by atoms with Gasteiger partial charge in [-0.25, -0.2) is 4.79 Å². The zero-order valence-electron chi connectivity index (χ0n) is 14.4. The molecule has 0 aliphatic carbocycles. The molecule has 0 bridgehead atoms. The van der Waals surface area contributed by atoms with Crippen molar-refractivity contribution in [3.05, 3.63) is 56.5 Å². The number of nitro groups is 1. The van der Waals surface area contributed by atoms with Gasteiger partial charge in [0, 0.05) is 4.47 Å². The number of carbonyl (C=O) groups excluding carboxylic acids is 1. The van der Waals surface area contributed by atoms with Gasteiger partial charge in [0.15, 0.2) is 18.1 Å². The van der Waals surface area contributed by atoms with Gasteiger partial charge in [-0.3, -0.25) is 10.1 Å². The Hall–Kier alpha value is -2.95. The topological polar surface area (TPSA) is 97.1 Å². The van der Waals surface area contributed by atoms with Gasteiger partial charge in [-0.2, -0.15) is 8.78 Å². The molecule has 0 aliphatic rings. The highest BCUT2D eigenvalue weighted by Crippen LogP contribution is 2.36. The number of halogens is 3. The number of nitro benzene ring substituents is 1. The fourth-order valence-electron chi connectivity index (χ4n) is 2.10. The van der Waals surface area contributed by atoms with Crippen LogP contribution in [0.3, 0.4) is 0 Å². The molecule has 0 spiro atoms. The van der Waals surface area contributed by atoms with E-state index in [0.717, 1.165) is 16.6 Å². The Morgan fingerprint density at radius 2 is 1.89 bits per heavy atom. The van der Waals surface area contributed by atoms with Crippen molar-refractivity contribution in [3.8, 4) is 17.2 Å². The number of nitrogens with zero attached hydrogens (tertiary/aromatic N) is 1. The van der Waals surface area contributed by atoms with Gasteiger partial charge in [0.2, 0.25) is 0 Å². The molecular weight excluding hydrogens is 448 g/mol. The van der Waals surface area contributed by atoms with Gasteiger partial charge in [-0.15, -0.1) is 0 Å². The predicted octanol–water partition coefficient (Wildman–Crippen LogP) is 4.09. The van der Waals surface area contributed by atoms with Crippen LogP contribution < -0.4 is 14.2 Å². The Balaban J connectivity index is 2.06. The van der Waals surface area contributed by atoms with E-state index in [2.05, 4.69) is 20.7 Å². The largest absolute Gasteiger partial charge is 0.493 e. The second-order valence-corrected chi connectivity index (χ2v) is 6.09. The minimum absolute atomic E-state index is 0.0551. The average Bonchev–Trinajstić information content (AvgIpc) is 2.65. The van der Waals surface area contributed by atoms with E-state index in [1.165, 1.54) is 7.11 Å². The lowest BCUT2D eigenvalue weighted by molar-refractivity contribution is -0.386. The van der Waals surface area contributed by atoms with E-state index in [0.29, 0.717) is 5.75 Å². The third-order valence-electron chi connectivity index (χ3n) is 3.34. The van der Waals surface area contributed by atoms with Gasteiger partial charge in [0.25, 0.3) is 5.69 Å². The second kappa shape index (κ2) is 9.83. The summed E-state index contributed by atoms with van der Waals surface area (Å²) in [4.78, 5) is 22.2. The van der Waals surface area contributed by atoms with Crippen LogP contribution in [0.4, 0.5) is 14.5 Å². The number of methoxy groups -OCH3 is 1. The summed E-state index contributed by atoms with van der Waals surface area (Å²) in [5, 5.41) is 11.2. The van der Waals surface area contributed by atoms with E-state index in [9.17, 15) is 23.7 Å². The molecule has 0 fully saturated rings. The Labute approximate surface area is 166 Å². The molecule has 0 atom stereocenters. The highest BCUT2D eigenvalue weighted by molar-refractivity contribution is 9.10. The van der Waals surface area contributed by atoms with Crippen LogP contribution in [0.1, 0.15) is 5.56 Å². The van der Waals surface area contributed by atoms with Crippen molar-refractivity contribution in [2.24, 2.45) is 0 Å². The molecule has 11 heteroatoms. The molecular formula is C17H14BrF2NO7. The molecule has 2 aromatic rings. The van der Waals surface area contributed by atoms with E-state index in [4.69, 9.17) is 14.2 Å². The summed E-state index contributed by atoms with van der Waals surface area (Å²) >= 11 is 3.26. The quantitative estimate of drug-likeness (QED) is 0.315. The van der Waals surface area contributed by atoms with Crippen LogP contribution >= 0.6 is 15.9 Å². The lowest BCUT2D eigenvalue weighted by Crippen LogP contribution is -2.15. The molecule has 0 heterocycles. The molecule has 0 N–H and O–H groups in total. The summed E-state index contributed by atoms with van der Waals surface area (Å²) in [7, 11) is 1.18. The third kappa shape index (κ3) is 6.05. The van der Waals surface area contributed by atoms with Crippen LogP contribution in [0, 0.1) is 10.1 Å². The standard InChI is InChI=1S/C17H14BrF2NO7/c1-25-14-6-10(13(21(23)24)7-15(14)28-17(19)20)8-27-16(22)9-26-12-4-2-11(18)3-5-12/h2-7,17H,8-9H2,1H3. The summed E-state index contributed by atoms with van der Waals surface area (Å²) in [6.07, 6.45) is 0. The van der Waals surface area contributed by atoms with Crippen LogP contribution in [-0.2, 0) is 16.1 Å². The normalized spacial score (nSPS) is 10.5. The smallest absolute Gasteiger partial charge is 0.387 e. The predicted molar refractivity (Wildman–Crippen MR) is 95.7 cm³/mol. The van der Waals surface area contributed by atoms with E-state index in [1.807, 2.05) is 0 Å². The fraction of sp³-hybridized carbons (Fsp3) is 0.235. The van der Waals surface area contributed by atoms with E-state index < -0.39 is 42.2 Å². The number of esters is 1. The van der Waals surface area contributed by atoms with Crippen molar-refractivity contribution >= 4 is 27.6 Å². The van der Waals surface area contributed by atoms with E-state index >= 15 is 0 Å². The van der Waals surface area contributed by atoms with Gasteiger partial charge in [0.1, 0.15) is 12.4 Å². The summed E-state index contributed by atoms with van der Waals surface area (Å²) < 4.78 is 45.0. The number of hydrogen-bond acceptors (Lipinski definition) is 7. The van der Waals surface area contributed by atoms with E-state index in [1.54, 1.807) is 24.3 Å². The van der Waals surface area contributed by atoms with Gasteiger partial charge in [-0.05, 0) is 30.3 Å². The van der Waals surface area contributed by atoms with Crippen LogP contribution in [0.15, 0.2) is 40.9 Å². The molecule has 0 aliphatic heterocycles. The number of hydrogen-bond donors (Lipinski definition) is 0. The molecule has 0 amide bonds. The summed E-state index contributed by atoms with van der Waals surface area (Å²) in [6.45, 7) is -4.09. The maximum Gasteiger partial charge on any atom is 0.387 e. The van der Waals surface area contributed by atoms with Crippen molar-refractivity contribution in [3.63, 3.8) is 0 Å². The number of benzene rings is 2. The Bertz CT molecular complexity index is 846. The maximum atomic E-state index is 12.4. The van der Waals surface area contributed by atoms with Crippen LogP contribution in [0.25, 0.3) is 0 Å². The lowest BCUT2D eigenvalue weighted by atomic mass is 10.1. The Kier molecular flexibility index (Phi) is 7.50. The Morgan fingerprint density at radius 3 is 2.46 bits per heavy atom. The molecule has 0 unspecified atom stereocenters. The van der Waals surface area contributed by atoms with Gasteiger partial charge in [0.05, 0.1) is 23.7 Å². The van der Waals surface area contributed by atoms with Crippen molar-refractivity contribution in [1.82, 2.24) is 0 Å². The maximum absolute atomic E-state index is 12.4. The molecule has 2 rings (SSSR count). The first-order valence-electron chi connectivity index (χ1n) is 7.64. The number of alkyl halides is 2. The monoisotopic (exact) mass is 461 g/mol. The fourth-order valence-corrected chi connectivity index (χ4v) is 2.36. The molecule has 8 nitrogen and oxygen atoms in total. The lowest BCUT2D eigenvalue weighted by Gasteiger charge is -2.12. The minimum Gasteiger partial charge on any atom is -0.493 e. The summed E-state index contributed by atoms with van der Waals surface area (Å²) in [5.74, 6) is -1.01. The molecule has 28 heavy (non-hydrogen) atoms. The second-order valence-electron chi connectivity index (χ2n) is 5.17. The van der Waals surface area contributed by atoms with Crippen molar-refractivity contribution in [2.45, 2.75) is 13.2 Å². The van der Waals surface area contributed by atoms with Crippen LogP contribution in [-0.4, -0.2) is 31.2 Å². The highest BCUT2D eigenvalue weighted by Gasteiger charge is 2.22. The molecule has 0 saturated heterocycles. The Morgan fingerprint density at radius 1 is 1.21 bits per heavy atom. The number of ether oxygens (including phenoxy) is 4. The number of carbonyl (C=O) groups is 1. The molecule has 2 aromatic carbocycles. The SMILES string of the molecule is COc1cc(COC(=O)COc2ccc(Br)cc2)c([N+](=O)[O-])cc1OC(F)F. The van der Waals surface area contributed by atoms with Gasteiger partial charge in [-0.1, -0.05) is 15.9 Å². The summed E-state index contributed by atoms with van der Waals surface area (Å²) in [6, 6.07) is 8.59. The zero-order chi connectivity index (χ0) is 20.7. The first-order valence-corrected chi connectivity index (χ1v) is 8.43. The summed E-state index contributed by atoms with van der Waals surface area (Å²) in [5.41, 5.74) is -0.612. The first-order chi connectivity index (χ1) is 13.3. The van der Waals surface area contributed by atoms with Crippen molar-refractivity contribution in [2.75, 3.05) is 13.7 Å². The van der Waals surface area contributed by atoms with Crippen LogP contribution in [0.5, 0.6) is 17.2 Å². The highest BCUT2D eigenvalue weighted by atomic mass is 79.9. The van der Waals surface area contributed by atoms with Gasteiger partial charge < -0.3 is 18.9 Å². The third-order valence-corrected chi connectivity index (χ3v) is 3.87. The first kappa shape index (κ1) is 21.4.